The Balaban J connectivity index is 1.43. The number of carbonyl (C=O) groups is 1. The van der Waals surface area contributed by atoms with Crippen LogP contribution in [0.1, 0.15) is 54.1 Å². The smallest absolute Gasteiger partial charge is 0.261 e. The third kappa shape index (κ3) is 4.50. The maximum Gasteiger partial charge on any atom is 0.261 e. The van der Waals surface area contributed by atoms with Crippen molar-refractivity contribution in [3.05, 3.63) is 51.9 Å². The Morgan fingerprint density at radius 2 is 2.06 bits per heavy atom. The molecule has 3 aromatic rings. The molecule has 2 aliphatic rings. The number of benzene rings is 1. The quantitative estimate of drug-likeness (QED) is 0.540. The number of anilines is 2. The van der Waals surface area contributed by atoms with Gasteiger partial charge in [-0.2, -0.15) is 10.4 Å². The highest BCUT2D eigenvalue weighted by Gasteiger charge is 2.36. The summed E-state index contributed by atoms with van der Waals surface area (Å²) in [5.41, 5.74) is 2.16. The van der Waals surface area contributed by atoms with Gasteiger partial charge in [-0.05, 0) is 55.5 Å². The number of aromatic amines is 1. The summed E-state index contributed by atoms with van der Waals surface area (Å²) in [5, 5.41) is 17.6. The molecule has 182 valence electrons. The van der Waals surface area contributed by atoms with Gasteiger partial charge in [0.1, 0.15) is 5.39 Å². The van der Waals surface area contributed by atoms with Gasteiger partial charge in [0, 0.05) is 43.4 Å². The van der Waals surface area contributed by atoms with E-state index in [1.165, 1.54) is 4.90 Å². The molecule has 1 atom stereocenters. The Bertz CT molecular complexity index is 1370. The summed E-state index contributed by atoms with van der Waals surface area (Å²) in [6.07, 6.45) is 3.30. The first kappa shape index (κ1) is 23.0. The number of carbonyl (C=O) groups excluding carboxylic acids is 1. The summed E-state index contributed by atoms with van der Waals surface area (Å²) in [5.74, 6) is -2.23. The molecule has 2 aromatic heterocycles. The Labute approximate surface area is 200 Å². The van der Waals surface area contributed by atoms with Crippen molar-refractivity contribution in [2.45, 2.75) is 51.0 Å². The van der Waals surface area contributed by atoms with Gasteiger partial charge < -0.3 is 15.2 Å². The largest absolute Gasteiger partial charge is 0.338 e. The topological polar surface area (TPSA) is 107 Å². The number of aromatic nitrogens is 3. The number of likely N-dealkylation sites (tertiary alicyclic amines) is 1. The van der Waals surface area contributed by atoms with Crippen LogP contribution in [0, 0.1) is 24.2 Å². The molecule has 8 nitrogen and oxygen atoms in total. The number of piperidine rings is 1. The average Bonchev–Trinajstić information content (AvgIpc) is 3.59. The minimum atomic E-state index is -2.71. The van der Waals surface area contributed by atoms with Crippen molar-refractivity contribution >= 4 is 28.3 Å². The minimum absolute atomic E-state index is 0.0301. The summed E-state index contributed by atoms with van der Waals surface area (Å²) >= 11 is 0. The first-order valence-electron chi connectivity index (χ1n) is 11.8. The molecule has 1 aliphatic carbocycles. The van der Waals surface area contributed by atoms with E-state index in [4.69, 9.17) is 0 Å². The fourth-order valence-electron chi connectivity index (χ4n) is 4.79. The van der Waals surface area contributed by atoms with Gasteiger partial charge in [-0.25, -0.2) is 8.78 Å². The molecule has 2 N–H and O–H groups in total. The van der Waals surface area contributed by atoms with E-state index < -0.39 is 5.92 Å². The molecule has 35 heavy (non-hydrogen) atoms. The molecule has 2 fully saturated rings. The second-order valence-corrected chi connectivity index (χ2v) is 9.43. The summed E-state index contributed by atoms with van der Waals surface area (Å²) in [4.78, 5) is 29.7. The number of nitrogens with zero attached hydrogens (tertiary/aromatic N) is 4. The minimum Gasteiger partial charge on any atom is -0.338 e. The van der Waals surface area contributed by atoms with Crippen LogP contribution in [0.15, 0.2) is 35.3 Å². The number of halogens is 2. The first-order valence-corrected chi connectivity index (χ1v) is 11.8. The molecule has 0 unspecified atom stereocenters. The van der Waals surface area contributed by atoms with E-state index in [9.17, 15) is 23.6 Å². The van der Waals surface area contributed by atoms with Crippen LogP contribution in [-0.2, 0) is 0 Å². The lowest BCUT2D eigenvalue weighted by molar-refractivity contribution is -0.0494. The maximum atomic E-state index is 13.5. The van der Waals surface area contributed by atoms with Gasteiger partial charge in [-0.3, -0.25) is 14.3 Å². The van der Waals surface area contributed by atoms with E-state index in [0.717, 1.165) is 12.8 Å². The van der Waals surface area contributed by atoms with Crippen LogP contribution in [0.2, 0.25) is 0 Å². The molecule has 5 rings (SSSR count). The molecule has 1 aromatic carbocycles. The van der Waals surface area contributed by atoms with E-state index in [-0.39, 0.29) is 43.4 Å². The molecule has 1 saturated carbocycles. The van der Waals surface area contributed by atoms with Gasteiger partial charge in [0.05, 0.1) is 24.0 Å². The summed E-state index contributed by atoms with van der Waals surface area (Å²) in [6.45, 7) is 1.85. The van der Waals surface area contributed by atoms with Gasteiger partial charge in [-0.15, -0.1) is 0 Å². The van der Waals surface area contributed by atoms with Crippen molar-refractivity contribution in [3.63, 3.8) is 0 Å². The summed E-state index contributed by atoms with van der Waals surface area (Å²) in [6, 6.07) is 9.09. The number of aryl methyl sites for hydroxylation is 1. The number of nitriles is 1. The number of hydrogen-bond donors (Lipinski definition) is 2. The molecular weight excluding hydrogens is 454 g/mol. The summed E-state index contributed by atoms with van der Waals surface area (Å²) in [7, 11) is 0. The molecule has 0 radical (unpaired) electrons. The zero-order valence-electron chi connectivity index (χ0n) is 19.4. The van der Waals surface area contributed by atoms with Gasteiger partial charge in [-0.1, -0.05) is 0 Å². The second-order valence-electron chi connectivity index (χ2n) is 9.43. The zero-order valence-corrected chi connectivity index (χ0v) is 19.4. The molecule has 10 heteroatoms. The predicted molar refractivity (Wildman–Crippen MR) is 127 cm³/mol. The van der Waals surface area contributed by atoms with Crippen LogP contribution in [-0.4, -0.2) is 44.6 Å². The van der Waals surface area contributed by atoms with Crippen molar-refractivity contribution in [1.82, 2.24) is 19.7 Å². The highest BCUT2D eigenvalue weighted by molar-refractivity contribution is 5.96. The van der Waals surface area contributed by atoms with Gasteiger partial charge in [0.2, 0.25) is 0 Å². The first-order chi connectivity index (χ1) is 16.8. The number of H-pyrrole nitrogens is 1. The van der Waals surface area contributed by atoms with Crippen molar-refractivity contribution in [2.75, 3.05) is 18.4 Å². The van der Waals surface area contributed by atoms with E-state index >= 15 is 0 Å². The standard InChI is InChI=1S/C25H26F2N6O2/c1-15-14-17(4-5-18(15)24(35)32-12-8-25(26,27)9-13-32)30-22-21-20(7-11-29-23(21)34)33(31-22)19(6-10-28)16-2-3-16/h4-5,7,11,14,16,19H,2-3,6,8-9,12-13H2,1H3,(H,29,34)(H,30,31)/t19-/m0/s1. The number of pyridine rings is 1. The van der Waals surface area contributed by atoms with Gasteiger partial charge in [0.25, 0.3) is 17.4 Å². The molecule has 1 saturated heterocycles. The molecular formula is C25H26F2N6O2. The normalized spacial score (nSPS) is 18.3. The second kappa shape index (κ2) is 8.80. The van der Waals surface area contributed by atoms with Crippen molar-refractivity contribution in [1.29, 1.82) is 5.26 Å². The molecule has 0 spiro atoms. The van der Waals surface area contributed by atoms with Crippen LogP contribution in [0.3, 0.4) is 0 Å². The third-order valence-electron chi connectivity index (χ3n) is 6.91. The maximum absolute atomic E-state index is 13.5. The highest BCUT2D eigenvalue weighted by atomic mass is 19.3. The lowest BCUT2D eigenvalue weighted by atomic mass is 10.0. The van der Waals surface area contributed by atoms with Gasteiger partial charge >= 0.3 is 0 Å². The SMILES string of the molecule is Cc1cc(Nc2nn([C@@H](CC#N)C3CC3)c3cc[nH]c(=O)c23)ccc1C(=O)N1CCC(F)(F)CC1. The number of amides is 1. The fraction of sp³-hybridized carbons (Fsp3) is 0.440. The Kier molecular flexibility index (Phi) is 5.79. The number of nitrogens with one attached hydrogen (secondary N) is 2. The number of fused-ring (bicyclic) bond motifs is 1. The molecule has 3 heterocycles. The number of alkyl halides is 2. The highest BCUT2D eigenvalue weighted by Crippen LogP contribution is 2.43. The van der Waals surface area contributed by atoms with Crippen LogP contribution in [0.4, 0.5) is 20.3 Å². The van der Waals surface area contributed by atoms with Crippen LogP contribution in [0.25, 0.3) is 10.9 Å². The van der Waals surface area contributed by atoms with E-state index in [1.807, 2.05) is 0 Å². The van der Waals surface area contributed by atoms with Crippen molar-refractivity contribution < 1.29 is 13.6 Å². The van der Waals surface area contributed by atoms with Gasteiger partial charge in [0.15, 0.2) is 5.82 Å². The van der Waals surface area contributed by atoms with Crippen molar-refractivity contribution in [3.8, 4) is 6.07 Å². The van der Waals surface area contributed by atoms with Crippen LogP contribution < -0.4 is 10.9 Å². The molecule has 1 aliphatic heterocycles. The lowest BCUT2D eigenvalue weighted by Crippen LogP contribution is -2.42. The Morgan fingerprint density at radius 1 is 1.31 bits per heavy atom. The van der Waals surface area contributed by atoms with Crippen LogP contribution in [0.5, 0.6) is 0 Å². The average molecular weight is 481 g/mol. The monoisotopic (exact) mass is 480 g/mol. The van der Waals surface area contributed by atoms with Crippen LogP contribution >= 0.6 is 0 Å². The lowest BCUT2D eigenvalue weighted by Gasteiger charge is -2.32. The Morgan fingerprint density at radius 3 is 2.71 bits per heavy atom. The number of hydrogen-bond acceptors (Lipinski definition) is 5. The Hall–Kier alpha value is -3.74. The number of rotatable bonds is 6. The van der Waals surface area contributed by atoms with E-state index in [0.29, 0.717) is 45.9 Å². The fourth-order valence-corrected chi connectivity index (χ4v) is 4.79. The third-order valence-corrected chi connectivity index (χ3v) is 6.91. The van der Waals surface area contributed by atoms with E-state index in [1.54, 1.807) is 42.1 Å². The summed E-state index contributed by atoms with van der Waals surface area (Å²) < 4.78 is 28.7. The zero-order chi connectivity index (χ0) is 24.7. The molecule has 1 amide bonds. The van der Waals surface area contributed by atoms with E-state index in [2.05, 4.69) is 21.5 Å². The van der Waals surface area contributed by atoms with Crippen molar-refractivity contribution in [2.24, 2.45) is 5.92 Å². The molecule has 0 bridgehead atoms. The predicted octanol–water partition coefficient (Wildman–Crippen LogP) is 4.51.